The number of hydrogen-bond donors (Lipinski definition) is 1. The summed E-state index contributed by atoms with van der Waals surface area (Å²) in [6.45, 7) is 0.163. The Labute approximate surface area is 174 Å². The summed E-state index contributed by atoms with van der Waals surface area (Å²) in [6.07, 6.45) is -0.558. The van der Waals surface area contributed by atoms with Crippen molar-refractivity contribution in [3.63, 3.8) is 0 Å². The van der Waals surface area contributed by atoms with E-state index in [1.165, 1.54) is 35.8 Å². The number of amides is 1. The van der Waals surface area contributed by atoms with Gasteiger partial charge in [-0.1, -0.05) is 53.4 Å². The minimum Gasteiger partial charge on any atom is -0.484 e. The molecular formula is C19H16N4O4S2. The second kappa shape index (κ2) is 8.93. The molecule has 2 heterocycles. The fourth-order valence-electron chi connectivity index (χ4n) is 2.41. The van der Waals surface area contributed by atoms with Crippen LogP contribution in [0.4, 0.5) is 9.93 Å². The van der Waals surface area contributed by atoms with Crippen molar-refractivity contribution >= 4 is 44.5 Å². The molecule has 4 aromatic rings. The van der Waals surface area contributed by atoms with Crippen LogP contribution in [0.3, 0.4) is 0 Å². The maximum atomic E-state index is 11.3. The van der Waals surface area contributed by atoms with Crippen LogP contribution in [0.25, 0.3) is 10.2 Å². The summed E-state index contributed by atoms with van der Waals surface area (Å²) >= 11 is 2.81. The van der Waals surface area contributed by atoms with Gasteiger partial charge in [0.15, 0.2) is 11.7 Å². The molecule has 0 atom stereocenters. The number of benzene rings is 2. The predicted octanol–water partition coefficient (Wildman–Crippen LogP) is 4.73. The van der Waals surface area contributed by atoms with Crippen LogP contribution in [0.2, 0.25) is 0 Å². The molecule has 1 amide bonds. The number of methoxy groups -OCH3 is 1. The molecule has 1 N–H and O–H groups in total. The lowest BCUT2D eigenvalue weighted by Crippen LogP contribution is -2.10. The largest absolute Gasteiger partial charge is 0.484 e. The van der Waals surface area contributed by atoms with E-state index in [0.29, 0.717) is 22.0 Å². The van der Waals surface area contributed by atoms with Crippen molar-refractivity contribution in [1.82, 2.24) is 15.2 Å². The molecule has 0 radical (unpaired) electrons. The van der Waals surface area contributed by atoms with Gasteiger partial charge in [0.25, 0.3) is 11.1 Å². The van der Waals surface area contributed by atoms with E-state index in [2.05, 4.69) is 37.4 Å². The molecule has 148 valence electrons. The monoisotopic (exact) mass is 428 g/mol. The number of hydrogen-bond acceptors (Lipinski definition) is 9. The third kappa shape index (κ3) is 5.04. The molecule has 0 fully saturated rings. The smallest absolute Gasteiger partial charge is 0.413 e. The quantitative estimate of drug-likeness (QED) is 0.422. The van der Waals surface area contributed by atoms with Gasteiger partial charge in [0.2, 0.25) is 0 Å². The number of carbonyl (C=O) groups excluding carboxylic acids is 1. The van der Waals surface area contributed by atoms with Crippen LogP contribution in [0.1, 0.15) is 11.5 Å². The fourth-order valence-corrected chi connectivity index (χ4v) is 4.02. The lowest BCUT2D eigenvalue weighted by molar-refractivity contribution is 0.187. The first-order chi connectivity index (χ1) is 14.2. The molecule has 0 saturated carbocycles. The zero-order chi connectivity index (χ0) is 20.1. The third-order valence-corrected chi connectivity index (χ3v) is 5.59. The zero-order valence-electron chi connectivity index (χ0n) is 15.3. The average molecular weight is 428 g/mol. The molecule has 29 heavy (non-hydrogen) atoms. The molecule has 2 aromatic heterocycles. The van der Waals surface area contributed by atoms with Crippen LogP contribution in [0.5, 0.6) is 5.75 Å². The van der Waals surface area contributed by atoms with E-state index in [0.717, 1.165) is 16.0 Å². The summed E-state index contributed by atoms with van der Waals surface area (Å²) in [7, 11) is 1.30. The Morgan fingerprint density at radius 2 is 2.07 bits per heavy atom. The molecule has 2 aromatic carbocycles. The summed E-state index contributed by atoms with van der Waals surface area (Å²) in [5.41, 5.74) is 1.94. The Kier molecular flexibility index (Phi) is 5.92. The molecule has 0 saturated heterocycles. The Morgan fingerprint density at radius 1 is 1.21 bits per heavy atom. The van der Waals surface area contributed by atoms with Gasteiger partial charge >= 0.3 is 6.09 Å². The highest BCUT2D eigenvalue weighted by atomic mass is 32.2. The number of nitrogens with one attached hydrogen (secondary N) is 1. The Morgan fingerprint density at radius 3 is 2.90 bits per heavy atom. The van der Waals surface area contributed by atoms with Crippen molar-refractivity contribution in [1.29, 1.82) is 0 Å². The van der Waals surface area contributed by atoms with Crippen LogP contribution >= 0.6 is 23.1 Å². The fraction of sp³-hybridized carbons (Fsp3) is 0.158. The van der Waals surface area contributed by atoms with Gasteiger partial charge in [-0.05, 0) is 23.8 Å². The Bertz CT molecular complexity index is 1110. The van der Waals surface area contributed by atoms with Crippen molar-refractivity contribution in [2.75, 3.05) is 12.4 Å². The summed E-state index contributed by atoms with van der Waals surface area (Å²) in [5.74, 6) is 1.80. The van der Waals surface area contributed by atoms with Gasteiger partial charge in [0, 0.05) is 5.75 Å². The number of nitrogens with zero attached hydrogens (tertiary/aromatic N) is 3. The molecule has 4 rings (SSSR count). The van der Waals surface area contributed by atoms with E-state index < -0.39 is 6.09 Å². The molecule has 0 aliphatic rings. The van der Waals surface area contributed by atoms with Crippen molar-refractivity contribution in [3.8, 4) is 5.75 Å². The standard InChI is InChI=1S/C19H16N4O4S2/c1-25-18(24)21-17-20-14-8-7-13(9-15(14)29-17)26-10-16-22-23-19(27-16)28-11-12-5-3-2-4-6-12/h2-9H,10-11H2,1H3,(H,20,21,24). The van der Waals surface area contributed by atoms with Gasteiger partial charge in [-0.2, -0.15) is 0 Å². The van der Waals surface area contributed by atoms with Gasteiger partial charge in [-0.15, -0.1) is 10.2 Å². The number of thiazole rings is 1. The van der Waals surface area contributed by atoms with Crippen molar-refractivity contribution in [3.05, 3.63) is 60.0 Å². The zero-order valence-corrected chi connectivity index (χ0v) is 17.0. The number of anilines is 1. The van der Waals surface area contributed by atoms with E-state index in [9.17, 15) is 4.79 Å². The van der Waals surface area contributed by atoms with Gasteiger partial charge in [0.1, 0.15) is 5.75 Å². The molecule has 10 heteroatoms. The van der Waals surface area contributed by atoms with E-state index >= 15 is 0 Å². The highest BCUT2D eigenvalue weighted by Crippen LogP contribution is 2.30. The molecule has 0 aliphatic heterocycles. The number of ether oxygens (including phenoxy) is 2. The number of carbonyl (C=O) groups is 1. The van der Waals surface area contributed by atoms with Gasteiger partial charge < -0.3 is 13.9 Å². The number of rotatable bonds is 7. The molecule has 0 bridgehead atoms. The number of aromatic nitrogens is 3. The second-order valence-electron chi connectivity index (χ2n) is 5.79. The summed E-state index contributed by atoms with van der Waals surface area (Å²) in [4.78, 5) is 15.6. The lowest BCUT2D eigenvalue weighted by atomic mass is 10.2. The molecule has 0 aliphatic carbocycles. The Hall–Kier alpha value is -3.11. The van der Waals surface area contributed by atoms with Crippen molar-refractivity contribution in [2.45, 2.75) is 17.6 Å². The van der Waals surface area contributed by atoms with E-state index in [4.69, 9.17) is 9.15 Å². The highest BCUT2D eigenvalue weighted by Gasteiger charge is 2.11. The van der Waals surface area contributed by atoms with E-state index in [1.54, 1.807) is 6.07 Å². The maximum Gasteiger partial charge on any atom is 0.413 e. The number of thioether (sulfide) groups is 1. The average Bonchev–Trinajstić information content (AvgIpc) is 3.37. The second-order valence-corrected chi connectivity index (χ2v) is 7.75. The van der Waals surface area contributed by atoms with Crippen molar-refractivity contribution in [2.24, 2.45) is 0 Å². The van der Waals surface area contributed by atoms with E-state index in [-0.39, 0.29) is 6.61 Å². The third-order valence-electron chi connectivity index (χ3n) is 3.77. The van der Waals surface area contributed by atoms with Crippen LogP contribution < -0.4 is 10.1 Å². The topological polar surface area (TPSA) is 99.4 Å². The van der Waals surface area contributed by atoms with E-state index in [1.807, 2.05) is 30.3 Å². The molecule has 0 spiro atoms. The number of fused-ring (bicyclic) bond motifs is 1. The first kappa shape index (κ1) is 19.2. The molecule has 8 nitrogen and oxygen atoms in total. The van der Waals surface area contributed by atoms with Gasteiger partial charge in [0.05, 0.1) is 17.3 Å². The van der Waals surface area contributed by atoms with Gasteiger partial charge in [-0.3, -0.25) is 5.32 Å². The van der Waals surface area contributed by atoms with Crippen LogP contribution in [0.15, 0.2) is 58.2 Å². The minimum absolute atomic E-state index is 0.163. The minimum atomic E-state index is -0.558. The predicted molar refractivity (Wildman–Crippen MR) is 110 cm³/mol. The maximum absolute atomic E-state index is 11.3. The first-order valence-electron chi connectivity index (χ1n) is 8.57. The summed E-state index contributed by atoms with van der Waals surface area (Å²) in [5, 5.41) is 11.6. The summed E-state index contributed by atoms with van der Waals surface area (Å²) < 4.78 is 16.8. The van der Waals surface area contributed by atoms with Crippen LogP contribution in [-0.2, 0) is 17.1 Å². The normalized spacial score (nSPS) is 10.8. The highest BCUT2D eigenvalue weighted by molar-refractivity contribution is 7.98. The molecule has 0 unspecified atom stereocenters. The summed E-state index contributed by atoms with van der Waals surface area (Å²) in [6, 6.07) is 15.5. The first-order valence-corrected chi connectivity index (χ1v) is 10.4. The van der Waals surface area contributed by atoms with Crippen LogP contribution in [-0.4, -0.2) is 28.4 Å². The van der Waals surface area contributed by atoms with Crippen LogP contribution in [0, 0.1) is 0 Å². The lowest BCUT2D eigenvalue weighted by Gasteiger charge is -2.02. The van der Waals surface area contributed by atoms with Gasteiger partial charge in [-0.25, -0.2) is 9.78 Å². The molecular weight excluding hydrogens is 412 g/mol. The van der Waals surface area contributed by atoms with Crippen molar-refractivity contribution < 1.29 is 18.7 Å². The Balaban J connectivity index is 1.34. The SMILES string of the molecule is COC(=O)Nc1nc2ccc(OCc3nnc(SCc4ccccc4)o3)cc2s1.